The molecule has 0 aliphatic rings. The van der Waals surface area contributed by atoms with Crippen LogP contribution in [0.25, 0.3) is 0 Å². The third kappa shape index (κ3) is 3.85. The van der Waals surface area contributed by atoms with Crippen molar-refractivity contribution >= 4 is 28.3 Å². The number of hydrogen-bond acceptors (Lipinski definition) is 6. The van der Waals surface area contributed by atoms with E-state index in [0.717, 1.165) is 4.88 Å². The van der Waals surface area contributed by atoms with E-state index in [1.165, 1.54) is 17.5 Å². The molecule has 19 heavy (non-hydrogen) atoms. The number of pyridine rings is 1. The highest BCUT2D eigenvalue weighted by Gasteiger charge is 2.11. The van der Waals surface area contributed by atoms with Crippen LogP contribution in [0, 0.1) is 6.92 Å². The van der Waals surface area contributed by atoms with Gasteiger partial charge in [-0.05, 0) is 19.1 Å². The maximum atomic E-state index is 11.6. The molecule has 0 aromatic carbocycles. The zero-order valence-electron chi connectivity index (χ0n) is 10.1. The highest BCUT2D eigenvalue weighted by molar-refractivity contribution is 7.15. The summed E-state index contributed by atoms with van der Waals surface area (Å²) in [6, 6.07) is 3.19. The van der Waals surface area contributed by atoms with Crippen LogP contribution in [0.5, 0.6) is 0 Å². The number of hydrogen-bond donors (Lipinski definition) is 1. The lowest BCUT2D eigenvalue weighted by atomic mass is 10.3. The average Bonchev–Trinajstić information content (AvgIpc) is 2.82. The molecule has 2 heterocycles. The summed E-state index contributed by atoms with van der Waals surface area (Å²) < 4.78 is 4.85. The summed E-state index contributed by atoms with van der Waals surface area (Å²) in [4.78, 5) is 31.8. The number of aromatic nitrogens is 2. The number of nitrogens with one attached hydrogen (secondary N) is 1. The number of ether oxygens (including phenoxy) is 1. The molecule has 0 saturated carbocycles. The van der Waals surface area contributed by atoms with Crippen LogP contribution in [0.2, 0.25) is 0 Å². The van der Waals surface area contributed by atoms with Gasteiger partial charge in [0.15, 0.2) is 11.7 Å². The Labute approximate surface area is 113 Å². The van der Waals surface area contributed by atoms with Crippen molar-refractivity contribution in [3.63, 3.8) is 0 Å². The second-order valence-corrected chi connectivity index (χ2v) is 4.88. The molecule has 6 nitrogen and oxygen atoms in total. The van der Waals surface area contributed by atoms with Gasteiger partial charge in [0.2, 0.25) is 0 Å². The number of rotatable bonds is 4. The lowest BCUT2D eigenvalue weighted by Gasteiger charge is -2.04. The lowest BCUT2D eigenvalue weighted by Crippen LogP contribution is -2.20. The fourth-order valence-corrected chi connectivity index (χ4v) is 1.95. The zero-order chi connectivity index (χ0) is 13.7. The van der Waals surface area contributed by atoms with Gasteiger partial charge in [0.1, 0.15) is 0 Å². The largest absolute Gasteiger partial charge is 0.452 e. The van der Waals surface area contributed by atoms with E-state index in [4.69, 9.17) is 4.74 Å². The van der Waals surface area contributed by atoms with E-state index >= 15 is 0 Å². The van der Waals surface area contributed by atoms with Gasteiger partial charge in [-0.1, -0.05) is 0 Å². The maximum Gasteiger partial charge on any atom is 0.340 e. The van der Waals surface area contributed by atoms with E-state index in [9.17, 15) is 9.59 Å². The van der Waals surface area contributed by atoms with Crippen molar-refractivity contribution in [2.45, 2.75) is 6.92 Å². The maximum absolute atomic E-state index is 11.6. The minimum absolute atomic E-state index is 0.306. The average molecular weight is 277 g/mol. The number of amides is 1. The molecular weight excluding hydrogens is 266 g/mol. The van der Waals surface area contributed by atoms with E-state index in [2.05, 4.69) is 15.3 Å². The van der Waals surface area contributed by atoms with Gasteiger partial charge in [-0.2, -0.15) is 0 Å². The summed E-state index contributed by atoms with van der Waals surface area (Å²) in [5.41, 5.74) is 0.306. The molecule has 1 N–H and O–H groups in total. The number of carbonyl (C=O) groups excluding carboxylic acids is 2. The number of anilines is 1. The van der Waals surface area contributed by atoms with Crippen LogP contribution in [0.15, 0.2) is 30.7 Å². The fourth-order valence-electron chi connectivity index (χ4n) is 1.27. The Morgan fingerprint density at radius 3 is 2.89 bits per heavy atom. The van der Waals surface area contributed by atoms with Crippen LogP contribution >= 0.6 is 11.3 Å². The highest BCUT2D eigenvalue weighted by Crippen LogP contribution is 2.16. The number of aryl methyl sites for hydroxylation is 1. The predicted octanol–water partition coefficient (Wildman–Crippen LogP) is 1.64. The molecule has 0 unspecified atom stereocenters. The monoisotopic (exact) mass is 277 g/mol. The second-order valence-electron chi connectivity index (χ2n) is 3.64. The molecule has 0 aliphatic carbocycles. The Hall–Kier alpha value is -2.28. The van der Waals surface area contributed by atoms with Crippen molar-refractivity contribution in [1.29, 1.82) is 0 Å². The second kappa shape index (κ2) is 6.05. The minimum Gasteiger partial charge on any atom is -0.452 e. The van der Waals surface area contributed by atoms with E-state index in [0.29, 0.717) is 10.7 Å². The van der Waals surface area contributed by atoms with Gasteiger partial charge >= 0.3 is 5.97 Å². The highest BCUT2D eigenvalue weighted by atomic mass is 32.1. The van der Waals surface area contributed by atoms with Crippen LogP contribution in [0.4, 0.5) is 5.13 Å². The topological polar surface area (TPSA) is 81.2 Å². The summed E-state index contributed by atoms with van der Waals surface area (Å²) >= 11 is 1.35. The van der Waals surface area contributed by atoms with Gasteiger partial charge in [0, 0.05) is 23.5 Å². The van der Waals surface area contributed by atoms with Crippen LogP contribution in [-0.2, 0) is 9.53 Å². The molecule has 0 spiro atoms. The standard InChI is InChI=1S/C12H11N3O3S/c1-8-5-14-12(19-8)15-10(16)7-18-11(17)9-3-2-4-13-6-9/h2-6H,7H2,1H3,(H,14,15,16). The van der Waals surface area contributed by atoms with Crippen molar-refractivity contribution in [3.8, 4) is 0 Å². The van der Waals surface area contributed by atoms with Crippen molar-refractivity contribution in [1.82, 2.24) is 9.97 Å². The molecule has 0 radical (unpaired) electrons. The number of nitrogens with zero attached hydrogens (tertiary/aromatic N) is 2. The Bertz CT molecular complexity index is 583. The summed E-state index contributed by atoms with van der Waals surface area (Å²) in [6.07, 6.45) is 4.58. The van der Waals surface area contributed by atoms with Crippen molar-refractivity contribution in [2.75, 3.05) is 11.9 Å². The summed E-state index contributed by atoms with van der Waals surface area (Å²) in [5.74, 6) is -1.01. The fraction of sp³-hybridized carbons (Fsp3) is 0.167. The number of carbonyl (C=O) groups is 2. The molecule has 7 heteroatoms. The molecule has 0 saturated heterocycles. The first-order chi connectivity index (χ1) is 9.15. The summed E-state index contributed by atoms with van der Waals surface area (Å²) in [6.45, 7) is 1.53. The van der Waals surface area contributed by atoms with Gasteiger partial charge in [-0.25, -0.2) is 9.78 Å². The van der Waals surface area contributed by atoms with Crippen LogP contribution in [-0.4, -0.2) is 28.5 Å². The Morgan fingerprint density at radius 1 is 1.42 bits per heavy atom. The molecule has 0 atom stereocenters. The van der Waals surface area contributed by atoms with Gasteiger partial charge in [-0.3, -0.25) is 15.1 Å². The SMILES string of the molecule is Cc1cnc(NC(=O)COC(=O)c2cccnc2)s1. The third-order valence-electron chi connectivity index (χ3n) is 2.10. The molecule has 0 aliphatic heterocycles. The number of esters is 1. The van der Waals surface area contributed by atoms with E-state index in [1.54, 1.807) is 24.5 Å². The first-order valence-electron chi connectivity index (χ1n) is 5.44. The quantitative estimate of drug-likeness (QED) is 0.859. The minimum atomic E-state index is -0.585. The van der Waals surface area contributed by atoms with Crippen LogP contribution in [0.1, 0.15) is 15.2 Å². The van der Waals surface area contributed by atoms with Crippen LogP contribution < -0.4 is 5.32 Å². The van der Waals surface area contributed by atoms with Gasteiger partial charge in [0.05, 0.1) is 5.56 Å². The molecule has 2 aromatic heterocycles. The summed E-state index contributed by atoms with van der Waals surface area (Å²) in [7, 11) is 0. The van der Waals surface area contributed by atoms with Gasteiger partial charge < -0.3 is 4.74 Å². The Morgan fingerprint density at radius 2 is 2.26 bits per heavy atom. The van der Waals surface area contributed by atoms with E-state index < -0.39 is 11.9 Å². The Kier molecular flexibility index (Phi) is 4.19. The molecule has 0 fully saturated rings. The smallest absolute Gasteiger partial charge is 0.340 e. The molecule has 1 amide bonds. The molecule has 2 rings (SSSR count). The van der Waals surface area contributed by atoms with Crippen molar-refractivity contribution in [2.24, 2.45) is 0 Å². The first-order valence-corrected chi connectivity index (χ1v) is 6.26. The Balaban J connectivity index is 1.82. The molecule has 98 valence electrons. The predicted molar refractivity (Wildman–Crippen MR) is 70.0 cm³/mol. The zero-order valence-corrected chi connectivity index (χ0v) is 10.9. The summed E-state index contributed by atoms with van der Waals surface area (Å²) in [5, 5.41) is 3.03. The lowest BCUT2D eigenvalue weighted by molar-refractivity contribution is -0.119. The molecule has 0 bridgehead atoms. The van der Waals surface area contributed by atoms with Crippen LogP contribution in [0.3, 0.4) is 0 Å². The number of thiazole rings is 1. The van der Waals surface area contributed by atoms with E-state index in [1.807, 2.05) is 6.92 Å². The van der Waals surface area contributed by atoms with Crippen molar-refractivity contribution in [3.05, 3.63) is 41.2 Å². The van der Waals surface area contributed by atoms with Crippen molar-refractivity contribution < 1.29 is 14.3 Å². The molecule has 2 aromatic rings. The molecular formula is C12H11N3O3S. The normalized spacial score (nSPS) is 9.95. The first kappa shape index (κ1) is 13.2. The third-order valence-corrected chi connectivity index (χ3v) is 2.93. The van der Waals surface area contributed by atoms with E-state index in [-0.39, 0.29) is 6.61 Å². The van der Waals surface area contributed by atoms with Gasteiger partial charge in [-0.15, -0.1) is 11.3 Å². The van der Waals surface area contributed by atoms with Gasteiger partial charge in [0.25, 0.3) is 5.91 Å².